The summed E-state index contributed by atoms with van der Waals surface area (Å²) in [6.45, 7) is 4.77. The number of nitrogens with one attached hydrogen (secondary N) is 3. The molecule has 0 aromatic heterocycles. The second-order valence-corrected chi connectivity index (χ2v) is 8.87. The number of piperidine rings is 1. The number of anilines is 1. The molecule has 3 amide bonds. The zero-order chi connectivity index (χ0) is 22.9. The van der Waals surface area contributed by atoms with E-state index < -0.39 is 12.1 Å². The average molecular weight is 477 g/mol. The Morgan fingerprint density at radius 3 is 2.47 bits per heavy atom. The first-order chi connectivity index (χ1) is 15.5. The van der Waals surface area contributed by atoms with Gasteiger partial charge in [-0.3, -0.25) is 9.69 Å². The Bertz CT molecular complexity index is 902. The van der Waals surface area contributed by atoms with Gasteiger partial charge in [0.25, 0.3) is 0 Å². The third-order valence-corrected chi connectivity index (χ3v) is 6.40. The number of carbonyl (C=O) groups is 2. The zero-order valence-corrected chi connectivity index (χ0v) is 19.8. The van der Waals surface area contributed by atoms with Gasteiger partial charge in [-0.05, 0) is 37.0 Å². The molecular formula is C24H30Cl2N4O2. The topological polar surface area (TPSA) is 73.5 Å². The standard InChI is InChI=1S/C24H30Cl2N4O2/c1-2-7-21(29-24(32)28-20-11-6-10-19(25)22(20)26)23(31)27-18-12-14-30(15-13-18)16-17-8-4-3-5-9-17/h3-6,8-11,18,21H,2,7,12-16H2,1H3,(H,27,31)(H2,28,29,32). The van der Waals surface area contributed by atoms with Gasteiger partial charge in [0.05, 0.1) is 15.7 Å². The minimum absolute atomic E-state index is 0.112. The number of halogens is 2. The Labute approximate surface area is 199 Å². The van der Waals surface area contributed by atoms with Crippen LogP contribution in [-0.4, -0.2) is 42.0 Å². The van der Waals surface area contributed by atoms with Crippen molar-refractivity contribution in [3.63, 3.8) is 0 Å². The summed E-state index contributed by atoms with van der Waals surface area (Å²) in [4.78, 5) is 27.7. The lowest BCUT2D eigenvalue weighted by Crippen LogP contribution is -2.52. The van der Waals surface area contributed by atoms with E-state index in [-0.39, 0.29) is 17.0 Å². The highest BCUT2D eigenvalue weighted by atomic mass is 35.5. The highest BCUT2D eigenvalue weighted by molar-refractivity contribution is 6.43. The molecule has 172 valence electrons. The number of carbonyl (C=O) groups excluding carboxylic acids is 2. The van der Waals surface area contributed by atoms with Gasteiger partial charge in [0.2, 0.25) is 5.91 Å². The van der Waals surface area contributed by atoms with E-state index in [2.05, 4.69) is 45.1 Å². The number of rotatable bonds is 8. The van der Waals surface area contributed by atoms with Gasteiger partial charge in [0.1, 0.15) is 6.04 Å². The van der Waals surface area contributed by atoms with Gasteiger partial charge in [-0.15, -0.1) is 0 Å². The van der Waals surface area contributed by atoms with Crippen LogP contribution in [0.4, 0.5) is 10.5 Å². The first-order valence-electron chi connectivity index (χ1n) is 11.0. The second-order valence-electron chi connectivity index (χ2n) is 8.09. The van der Waals surface area contributed by atoms with Crippen molar-refractivity contribution in [3.05, 3.63) is 64.1 Å². The van der Waals surface area contributed by atoms with Crippen molar-refractivity contribution >= 4 is 40.8 Å². The Morgan fingerprint density at radius 1 is 1.06 bits per heavy atom. The number of hydrogen-bond donors (Lipinski definition) is 3. The van der Waals surface area contributed by atoms with Crippen molar-refractivity contribution in [2.24, 2.45) is 0 Å². The van der Waals surface area contributed by atoms with E-state index in [0.29, 0.717) is 17.1 Å². The normalized spacial score (nSPS) is 15.7. The van der Waals surface area contributed by atoms with E-state index >= 15 is 0 Å². The molecule has 6 nitrogen and oxygen atoms in total. The van der Waals surface area contributed by atoms with Crippen LogP contribution in [0, 0.1) is 0 Å². The quantitative estimate of drug-likeness (QED) is 0.498. The fraction of sp³-hybridized carbons (Fsp3) is 0.417. The number of amides is 3. The van der Waals surface area contributed by atoms with Crippen molar-refractivity contribution < 1.29 is 9.59 Å². The summed E-state index contributed by atoms with van der Waals surface area (Å²) in [5.74, 6) is -0.152. The smallest absolute Gasteiger partial charge is 0.319 e. The number of nitrogens with zero attached hydrogens (tertiary/aromatic N) is 1. The summed E-state index contributed by atoms with van der Waals surface area (Å²) in [5.41, 5.74) is 1.70. The largest absolute Gasteiger partial charge is 0.351 e. The van der Waals surface area contributed by atoms with Crippen LogP contribution >= 0.6 is 23.2 Å². The van der Waals surface area contributed by atoms with Crippen molar-refractivity contribution in [2.75, 3.05) is 18.4 Å². The molecular weight excluding hydrogens is 447 g/mol. The van der Waals surface area contributed by atoms with E-state index in [0.717, 1.165) is 38.9 Å². The third kappa shape index (κ3) is 7.12. The summed E-state index contributed by atoms with van der Waals surface area (Å²) < 4.78 is 0. The lowest BCUT2D eigenvalue weighted by atomic mass is 10.0. The lowest BCUT2D eigenvalue weighted by Gasteiger charge is -2.33. The first-order valence-corrected chi connectivity index (χ1v) is 11.8. The Balaban J connectivity index is 1.48. The molecule has 2 aromatic carbocycles. The number of urea groups is 1. The predicted molar refractivity (Wildman–Crippen MR) is 130 cm³/mol. The molecule has 1 saturated heterocycles. The molecule has 1 atom stereocenters. The SMILES string of the molecule is CCCC(NC(=O)Nc1cccc(Cl)c1Cl)C(=O)NC1CCN(Cc2ccccc2)CC1. The Morgan fingerprint density at radius 2 is 1.78 bits per heavy atom. The summed E-state index contributed by atoms with van der Waals surface area (Å²) in [5, 5.41) is 9.19. The van der Waals surface area contributed by atoms with Gasteiger partial charge in [0.15, 0.2) is 0 Å². The first kappa shape index (κ1) is 24.4. The van der Waals surface area contributed by atoms with E-state index in [1.54, 1.807) is 18.2 Å². The molecule has 0 aliphatic carbocycles. The fourth-order valence-electron chi connectivity index (χ4n) is 3.85. The third-order valence-electron chi connectivity index (χ3n) is 5.58. The van der Waals surface area contributed by atoms with Crippen LogP contribution in [0.1, 0.15) is 38.2 Å². The van der Waals surface area contributed by atoms with Crippen LogP contribution in [-0.2, 0) is 11.3 Å². The molecule has 1 heterocycles. The molecule has 0 saturated carbocycles. The van der Waals surface area contributed by atoms with Crippen LogP contribution in [0.3, 0.4) is 0 Å². The second kappa shape index (κ2) is 12.1. The van der Waals surface area contributed by atoms with Gasteiger partial charge in [-0.2, -0.15) is 0 Å². The molecule has 1 unspecified atom stereocenters. The average Bonchev–Trinajstić information content (AvgIpc) is 2.78. The van der Waals surface area contributed by atoms with Crippen LogP contribution in [0.5, 0.6) is 0 Å². The number of likely N-dealkylation sites (tertiary alicyclic amines) is 1. The summed E-state index contributed by atoms with van der Waals surface area (Å²) in [7, 11) is 0. The van der Waals surface area contributed by atoms with Crippen molar-refractivity contribution in [3.8, 4) is 0 Å². The van der Waals surface area contributed by atoms with Crippen LogP contribution in [0.15, 0.2) is 48.5 Å². The van der Waals surface area contributed by atoms with E-state index in [1.165, 1.54) is 5.56 Å². The minimum Gasteiger partial charge on any atom is -0.351 e. The van der Waals surface area contributed by atoms with Gasteiger partial charge in [0, 0.05) is 25.7 Å². The van der Waals surface area contributed by atoms with Gasteiger partial charge in [-0.1, -0.05) is 72.9 Å². The zero-order valence-electron chi connectivity index (χ0n) is 18.2. The molecule has 0 radical (unpaired) electrons. The maximum absolute atomic E-state index is 12.9. The molecule has 8 heteroatoms. The molecule has 1 aliphatic heterocycles. The molecule has 32 heavy (non-hydrogen) atoms. The number of benzene rings is 2. The Kier molecular flexibility index (Phi) is 9.21. The van der Waals surface area contributed by atoms with Crippen LogP contribution in [0.25, 0.3) is 0 Å². The molecule has 0 spiro atoms. The van der Waals surface area contributed by atoms with Gasteiger partial charge < -0.3 is 16.0 Å². The summed E-state index contributed by atoms with van der Waals surface area (Å²) >= 11 is 12.1. The fourth-order valence-corrected chi connectivity index (χ4v) is 4.20. The molecule has 1 fully saturated rings. The monoisotopic (exact) mass is 476 g/mol. The molecule has 1 aliphatic rings. The lowest BCUT2D eigenvalue weighted by molar-refractivity contribution is -0.124. The summed E-state index contributed by atoms with van der Waals surface area (Å²) in [6, 6.07) is 14.4. The van der Waals surface area contributed by atoms with E-state index in [9.17, 15) is 9.59 Å². The van der Waals surface area contributed by atoms with Crippen LogP contribution < -0.4 is 16.0 Å². The van der Waals surface area contributed by atoms with Crippen LogP contribution in [0.2, 0.25) is 10.0 Å². The molecule has 3 rings (SSSR count). The number of hydrogen-bond acceptors (Lipinski definition) is 3. The predicted octanol–water partition coefficient (Wildman–Crippen LogP) is 5.06. The van der Waals surface area contributed by atoms with Gasteiger partial charge in [-0.25, -0.2) is 4.79 Å². The summed E-state index contributed by atoms with van der Waals surface area (Å²) in [6.07, 6.45) is 3.10. The highest BCUT2D eigenvalue weighted by Gasteiger charge is 2.25. The Hall–Kier alpha value is -2.28. The van der Waals surface area contributed by atoms with E-state index in [4.69, 9.17) is 23.2 Å². The van der Waals surface area contributed by atoms with Crippen molar-refractivity contribution in [1.82, 2.24) is 15.5 Å². The molecule has 2 aromatic rings. The minimum atomic E-state index is -0.611. The van der Waals surface area contributed by atoms with Gasteiger partial charge >= 0.3 is 6.03 Å². The van der Waals surface area contributed by atoms with Crippen molar-refractivity contribution in [2.45, 2.75) is 51.2 Å². The van der Waals surface area contributed by atoms with E-state index in [1.807, 2.05) is 13.0 Å². The van der Waals surface area contributed by atoms with Crippen molar-refractivity contribution in [1.29, 1.82) is 0 Å². The maximum Gasteiger partial charge on any atom is 0.319 e. The maximum atomic E-state index is 12.9. The molecule has 3 N–H and O–H groups in total. The molecule has 0 bridgehead atoms. The highest BCUT2D eigenvalue weighted by Crippen LogP contribution is 2.29.